The number of nitrogen functional groups attached to an aromatic ring is 1. The van der Waals surface area contributed by atoms with Crippen LogP contribution in [0.5, 0.6) is 0 Å². The first-order chi connectivity index (χ1) is 8.58. The molecule has 1 saturated heterocycles. The minimum Gasteiger partial charge on any atom is -0.398 e. The van der Waals surface area contributed by atoms with E-state index in [0.717, 1.165) is 19.1 Å². The van der Waals surface area contributed by atoms with Gasteiger partial charge in [0.2, 0.25) is 0 Å². The molecule has 1 aromatic rings. The van der Waals surface area contributed by atoms with Crippen molar-refractivity contribution in [2.75, 3.05) is 18.9 Å². The number of ether oxygens (including phenoxy) is 1. The summed E-state index contributed by atoms with van der Waals surface area (Å²) in [6.45, 7) is 3.31. The van der Waals surface area contributed by atoms with Crippen molar-refractivity contribution in [3.05, 3.63) is 29.6 Å². The largest absolute Gasteiger partial charge is 0.398 e. The Bertz CT molecular complexity index is 445. The molecule has 18 heavy (non-hydrogen) atoms. The van der Waals surface area contributed by atoms with Gasteiger partial charge in [-0.1, -0.05) is 0 Å². The van der Waals surface area contributed by atoms with Crippen LogP contribution in [0.2, 0.25) is 0 Å². The van der Waals surface area contributed by atoms with Gasteiger partial charge in [0.05, 0.1) is 12.2 Å². The maximum atomic E-state index is 13.1. The molecule has 98 valence electrons. The molecule has 0 saturated carbocycles. The Hall–Kier alpha value is -1.62. The molecule has 1 aliphatic rings. The van der Waals surface area contributed by atoms with E-state index in [9.17, 15) is 9.18 Å². The van der Waals surface area contributed by atoms with Crippen LogP contribution < -0.4 is 11.1 Å². The van der Waals surface area contributed by atoms with E-state index in [-0.39, 0.29) is 23.2 Å². The summed E-state index contributed by atoms with van der Waals surface area (Å²) in [7, 11) is 0. The molecule has 0 spiro atoms. The maximum absolute atomic E-state index is 13.1. The van der Waals surface area contributed by atoms with Gasteiger partial charge >= 0.3 is 0 Å². The normalized spacial score (nSPS) is 20.7. The summed E-state index contributed by atoms with van der Waals surface area (Å²) < 4.78 is 18.4. The van der Waals surface area contributed by atoms with E-state index in [1.807, 2.05) is 6.92 Å². The molecule has 2 atom stereocenters. The lowest BCUT2D eigenvalue weighted by Crippen LogP contribution is -2.38. The zero-order valence-corrected chi connectivity index (χ0v) is 10.3. The molecule has 2 rings (SSSR count). The van der Waals surface area contributed by atoms with Gasteiger partial charge in [-0.15, -0.1) is 0 Å². The molecule has 5 heteroatoms. The van der Waals surface area contributed by atoms with E-state index in [0.29, 0.717) is 12.5 Å². The van der Waals surface area contributed by atoms with E-state index >= 15 is 0 Å². The minimum absolute atomic E-state index is 0.0114. The molecule has 0 aromatic heterocycles. The first-order valence-electron chi connectivity index (χ1n) is 6.01. The standard InChI is InChI=1S/C13H17FN2O2/c1-8(9-4-5-18-7-9)16-13(17)11-6-10(14)2-3-12(11)15/h2-3,6,8-9H,4-5,7,15H2,1H3,(H,16,17). The average molecular weight is 252 g/mol. The first-order valence-corrected chi connectivity index (χ1v) is 6.01. The molecule has 3 N–H and O–H groups in total. The lowest BCUT2D eigenvalue weighted by Gasteiger charge is -2.19. The van der Waals surface area contributed by atoms with Crippen molar-refractivity contribution in [2.24, 2.45) is 5.92 Å². The van der Waals surface area contributed by atoms with Gasteiger partial charge in [-0.25, -0.2) is 4.39 Å². The third-order valence-electron chi connectivity index (χ3n) is 3.29. The predicted octanol–water partition coefficient (Wildman–Crippen LogP) is 1.56. The van der Waals surface area contributed by atoms with Gasteiger partial charge in [0, 0.05) is 24.3 Å². The molecule has 1 aromatic carbocycles. The maximum Gasteiger partial charge on any atom is 0.253 e. The first kappa shape index (κ1) is 12.8. The molecule has 0 bridgehead atoms. The molecule has 1 amide bonds. The van der Waals surface area contributed by atoms with Crippen LogP contribution in [0.3, 0.4) is 0 Å². The van der Waals surface area contributed by atoms with Gasteiger partial charge in [0.25, 0.3) is 5.91 Å². The van der Waals surface area contributed by atoms with Crippen LogP contribution in [-0.2, 0) is 4.74 Å². The molecule has 1 fully saturated rings. The van der Waals surface area contributed by atoms with Crippen LogP contribution in [0.1, 0.15) is 23.7 Å². The number of nitrogens with two attached hydrogens (primary N) is 1. The minimum atomic E-state index is -0.466. The van der Waals surface area contributed by atoms with Gasteiger partial charge in [0.1, 0.15) is 5.82 Å². The van der Waals surface area contributed by atoms with Gasteiger partial charge in [-0.2, -0.15) is 0 Å². The Morgan fingerprint density at radius 2 is 2.39 bits per heavy atom. The Morgan fingerprint density at radius 1 is 1.61 bits per heavy atom. The Morgan fingerprint density at radius 3 is 3.06 bits per heavy atom. The van der Waals surface area contributed by atoms with E-state index in [1.165, 1.54) is 12.1 Å². The number of rotatable bonds is 3. The van der Waals surface area contributed by atoms with Gasteiger partial charge in [-0.3, -0.25) is 4.79 Å². The molecular formula is C13H17FN2O2. The Kier molecular flexibility index (Phi) is 3.81. The van der Waals surface area contributed by atoms with E-state index in [4.69, 9.17) is 10.5 Å². The summed E-state index contributed by atoms with van der Waals surface area (Å²) in [6.07, 6.45) is 0.931. The fourth-order valence-electron chi connectivity index (χ4n) is 2.07. The highest BCUT2D eigenvalue weighted by Gasteiger charge is 2.24. The Labute approximate surface area is 105 Å². The summed E-state index contributed by atoms with van der Waals surface area (Å²) >= 11 is 0. The van der Waals surface area contributed by atoms with Crippen molar-refractivity contribution in [3.8, 4) is 0 Å². The number of hydrogen-bond donors (Lipinski definition) is 2. The van der Waals surface area contributed by atoms with Crippen LogP contribution in [0, 0.1) is 11.7 Å². The third kappa shape index (κ3) is 2.79. The molecule has 2 unspecified atom stereocenters. The second kappa shape index (κ2) is 5.35. The van der Waals surface area contributed by atoms with Crippen molar-refractivity contribution in [2.45, 2.75) is 19.4 Å². The fourth-order valence-corrected chi connectivity index (χ4v) is 2.07. The smallest absolute Gasteiger partial charge is 0.253 e. The van der Waals surface area contributed by atoms with Gasteiger partial charge in [-0.05, 0) is 31.5 Å². The number of halogens is 1. The second-order valence-corrected chi connectivity index (χ2v) is 4.62. The second-order valence-electron chi connectivity index (χ2n) is 4.62. The zero-order chi connectivity index (χ0) is 13.1. The van der Waals surface area contributed by atoms with Crippen LogP contribution >= 0.6 is 0 Å². The number of nitrogens with one attached hydrogen (secondary N) is 1. The topological polar surface area (TPSA) is 64.4 Å². The summed E-state index contributed by atoms with van der Waals surface area (Å²) in [5.74, 6) is -0.499. The van der Waals surface area contributed by atoms with Crippen molar-refractivity contribution >= 4 is 11.6 Å². The number of carbonyl (C=O) groups excluding carboxylic acids is 1. The van der Waals surface area contributed by atoms with Crippen molar-refractivity contribution in [1.29, 1.82) is 0 Å². The van der Waals surface area contributed by atoms with E-state index < -0.39 is 5.82 Å². The van der Waals surface area contributed by atoms with Gasteiger partial charge < -0.3 is 15.8 Å². The third-order valence-corrected chi connectivity index (χ3v) is 3.29. The van der Waals surface area contributed by atoms with Gasteiger partial charge in [0.15, 0.2) is 0 Å². The lowest BCUT2D eigenvalue weighted by molar-refractivity contribution is 0.0922. The molecular weight excluding hydrogens is 235 g/mol. The predicted molar refractivity (Wildman–Crippen MR) is 66.7 cm³/mol. The van der Waals surface area contributed by atoms with Crippen LogP contribution in [-0.4, -0.2) is 25.2 Å². The molecule has 0 radical (unpaired) electrons. The number of carbonyl (C=O) groups is 1. The summed E-state index contributed by atoms with van der Waals surface area (Å²) in [5, 5.41) is 2.84. The average Bonchev–Trinajstić information content (AvgIpc) is 2.85. The SMILES string of the molecule is CC(NC(=O)c1cc(F)ccc1N)C1CCOC1. The van der Waals surface area contributed by atoms with Crippen molar-refractivity contribution < 1.29 is 13.9 Å². The Balaban J connectivity index is 2.04. The summed E-state index contributed by atoms with van der Waals surface area (Å²) in [5.41, 5.74) is 6.13. The highest BCUT2D eigenvalue weighted by atomic mass is 19.1. The van der Waals surface area contributed by atoms with E-state index in [2.05, 4.69) is 5.32 Å². The molecule has 1 heterocycles. The number of amides is 1. The number of anilines is 1. The van der Waals surface area contributed by atoms with Crippen LogP contribution in [0.15, 0.2) is 18.2 Å². The molecule has 1 aliphatic heterocycles. The van der Waals surface area contributed by atoms with Crippen molar-refractivity contribution in [3.63, 3.8) is 0 Å². The number of hydrogen-bond acceptors (Lipinski definition) is 3. The molecule has 0 aliphatic carbocycles. The zero-order valence-electron chi connectivity index (χ0n) is 10.3. The summed E-state index contributed by atoms with van der Waals surface area (Å²) in [6, 6.07) is 3.78. The highest BCUT2D eigenvalue weighted by Crippen LogP contribution is 2.18. The van der Waals surface area contributed by atoms with E-state index in [1.54, 1.807) is 0 Å². The lowest BCUT2D eigenvalue weighted by atomic mass is 10.0. The fraction of sp³-hybridized carbons (Fsp3) is 0.462. The highest BCUT2D eigenvalue weighted by molar-refractivity contribution is 5.99. The van der Waals surface area contributed by atoms with Crippen molar-refractivity contribution in [1.82, 2.24) is 5.32 Å². The molecule has 4 nitrogen and oxygen atoms in total. The van der Waals surface area contributed by atoms with Crippen LogP contribution in [0.4, 0.5) is 10.1 Å². The monoisotopic (exact) mass is 252 g/mol. The number of benzene rings is 1. The quantitative estimate of drug-likeness (QED) is 0.802. The van der Waals surface area contributed by atoms with Crippen LogP contribution in [0.25, 0.3) is 0 Å². The summed E-state index contributed by atoms with van der Waals surface area (Å²) in [4.78, 5) is 12.0.